The summed E-state index contributed by atoms with van der Waals surface area (Å²) in [7, 11) is 0. The molecule has 6 heteroatoms. The highest BCUT2D eigenvalue weighted by Gasteiger charge is 2.16. The van der Waals surface area contributed by atoms with Gasteiger partial charge in [0.2, 0.25) is 0 Å². The van der Waals surface area contributed by atoms with E-state index in [0.717, 1.165) is 16.7 Å². The Bertz CT molecular complexity index is 473. The lowest BCUT2D eigenvalue weighted by atomic mass is 9.99. The van der Waals surface area contributed by atoms with Crippen LogP contribution in [0.1, 0.15) is 23.6 Å². The summed E-state index contributed by atoms with van der Waals surface area (Å²) in [6, 6.07) is 2.96. The first-order valence-corrected chi connectivity index (χ1v) is 6.60. The number of aryl methyl sites for hydroxylation is 1. The fourth-order valence-electron chi connectivity index (χ4n) is 1.70. The van der Waals surface area contributed by atoms with Gasteiger partial charge in [0, 0.05) is 17.5 Å². The molecule has 18 heavy (non-hydrogen) atoms. The number of hydrogen-bond acceptors (Lipinski definition) is 4. The number of rotatable bonds is 5. The van der Waals surface area contributed by atoms with E-state index in [1.54, 1.807) is 13.8 Å². The molecule has 0 saturated carbocycles. The summed E-state index contributed by atoms with van der Waals surface area (Å²) in [5, 5.41) is 11.2. The summed E-state index contributed by atoms with van der Waals surface area (Å²) in [6.45, 7) is 3.83. The molecule has 0 fully saturated rings. The van der Waals surface area contributed by atoms with Crippen molar-refractivity contribution in [1.82, 2.24) is 0 Å². The van der Waals surface area contributed by atoms with Crippen molar-refractivity contribution in [2.45, 2.75) is 25.6 Å². The summed E-state index contributed by atoms with van der Waals surface area (Å²) in [5.74, 6) is -0.323. The summed E-state index contributed by atoms with van der Waals surface area (Å²) in [6.07, 6.45) is 0.138. The number of alkyl halides is 1. The van der Waals surface area contributed by atoms with E-state index in [1.807, 2.05) is 0 Å². The molecule has 0 atom stereocenters. The van der Waals surface area contributed by atoms with Crippen LogP contribution in [0.2, 0.25) is 0 Å². The summed E-state index contributed by atoms with van der Waals surface area (Å²) in [4.78, 5) is 21.8. The number of carbonyl (C=O) groups is 1. The van der Waals surface area contributed by atoms with Gasteiger partial charge in [0.05, 0.1) is 18.0 Å². The Kier molecular flexibility index (Phi) is 5.27. The first-order valence-electron chi connectivity index (χ1n) is 5.48. The fourth-order valence-corrected chi connectivity index (χ4v) is 2.20. The summed E-state index contributed by atoms with van der Waals surface area (Å²) in [5.41, 5.74) is 2.30. The Morgan fingerprint density at radius 1 is 1.50 bits per heavy atom. The molecule has 5 nitrogen and oxygen atoms in total. The minimum atomic E-state index is -0.437. The highest BCUT2D eigenvalue weighted by Crippen LogP contribution is 2.24. The molecule has 98 valence electrons. The van der Waals surface area contributed by atoms with Crippen LogP contribution in [0.25, 0.3) is 0 Å². The zero-order chi connectivity index (χ0) is 13.7. The van der Waals surface area contributed by atoms with E-state index in [4.69, 9.17) is 4.74 Å². The number of nitrogens with zero attached hydrogens (tertiary/aromatic N) is 1. The van der Waals surface area contributed by atoms with Crippen LogP contribution in [0.3, 0.4) is 0 Å². The third-order valence-electron chi connectivity index (χ3n) is 2.53. The third-order valence-corrected chi connectivity index (χ3v) is 3.14. The van der Waals surface area contributed by atoms with Gasteiger partial charge in [-0.15, -0.1) is 0 Å². The number of benzene rings is 1. The lowest BCUT2D eigenvalue weighted by molar-refractivity contribution is -0.385. The van der Waals surface area contributed by atoms with E-state index in [1.165, 1.54) is 12.1 Å². The van der Waals surface area contributed by atoms with Crippen molar-refractivity contribution >= 4 is 27.6 Å². The molecule has 0 aliphatic rings. The summed E-state index contributed by atoms with van der Waals surface area (Å²) >= 11 is 3.28. The van der Waals surface area contributed by atoms with Crippen LogP contribution < -0.4 is 0 Å². The number of nitro groups is 1. The van der Waals surface area contributed by atoms with Crippen LogP contribution in [0.5, 0.6) is 0 Å². The maximum absolute atomic E-state index is 11.5. The Morgan fingerprint density at radius 2 is 2.17 bits per heavy atom. The van der Waals surface area contributed by atoms with Gasteiger partial charge in [-0.2, -0.15) is 0 Å². The van der Waals surface area contributed by atoms with Crippen molar-refractivity contribution in [2.24, 2.45) is 0 Å². The van der Waals surface area contributed by atoms with Crippen LogP contribution in [0.4, 0.5) is 5.69 Å². The maximum Gasteiger partial charge on any atom is 0.310 e. The predicted octanol–water partition coefficient (Wildman–Crippen LogP) is 2.90. The minimum Gasteiger partial charge on any atom is -0.466 e. The van der Waals surface area contributed by atoms with Crippen molar-refractivity contribution in [3.8, 4) is 0 Å². The predicted molar refractivity (Wildman–Crippen MR) is 70.8 cm³/mol. The zero-order valence-electron chi connectivity index (χ0n) is 10.2. The smallest absolute Gasteiger partial charge is 0.310 e. The molecule has 0 heterocycles. The highest BCUT2D eigenvalue weighted by molar-refractivity contribution is 9.08. The van der Waals surface area contributed by atoms with E-state index >= 15 is 0 Å². The van der Waals surface area contributed by atoms with Crippen LogP contribution in [0.15, 0.2) is 12.1 Å². The molecular weight excluding hydrogens is 302 g/mol. The molecule has 0 spiro atoms. The van der Waals surface area contributed by atoms with E-state index in [9.17, 15) is 14.9 Å². The van der Waals surface area contributed by atoms with Crippen molar-refractivity contribution in [2.75, 3.05) is 6.61 Å². The molecule has 0 aliphatic carbocycles. The number of hydrogen-bond donors (Lipinski definition) is 0. The number of ether oxygens (including phenoxy) is 1. The summed E-state index contributed by atoms with van der Waals surface area (Å²) < 4.78 is 4.89. The first-order chi connectivity index (χ1) is 8.49. The molecule has 1 aromatic carbocycles. The lowest BCUT2D eigenvalue weighted by Gasteiger charge is -2.10. The molecule has 0 bridgehead atoms. The molecule has 0 saturated heterocycles. The second-order valence-electron chi connectivity index (χ2n) is 3.77. The first kappa shape index (κ1) is 14.6. The van der Waals surface area contributed by atoms with Crippen LogP contribution in [-0.2, 0) is 21.3 Å². The van der Waals surface area contributed by atoms with Crippen molar-refractivity contribution in [3.63, 3.8) is 0 Å². The van der Waals surface area contributed by atoms with Gasteiger partial charge < -0.3 is 4.74 Å². The van der Waals surface area contributed by atoms with Gasteiger partial charge in [0.1, 0.15) is 0 Å². The van der Waals surface area contributed by atoms with Crippen LogP contribution in [-0.4, -0.2) is 17.5 Å². The van der Waals surface area contributed by atoms with Crippen molar-refractivity contribution < 1.29 is 14.5 Å². The number of carbonyl (C=O) groups excluding carboxylic acids is 1. The van der Waals surface area contributed by atoms with Gasteiger partial charge in [-0.05, 0) is 30.5 Å². The van der Waals surface area contributed by atoms with E-state index in [2.05, 4.69) is 15.9 Å². The molecule has 1 rings (SSSR count). The average molecular weight is 316 g/mol. The molecule has 0 aromatic heterocycles. The van der Waals surface area contributed by atoms with E-state index in [0.29, 0.717) is 11.9 Å². The fraction of sp³-hybridized carbons (Fsp3) is 0.417. The monoisotopic (exact) mass is 315 g/mol. The second kappa shape index (κ2) is 6.49. The molecule has 1 aromatic rings. The molecule has 0 aliphatic heterocycles. The van der Waals surface area contributed by atoms with Crippen LogP contribution >= 0.6 is 15.9 Å². The van der Waals surface area contributed by atoms with Gasteiger partial charge in [-0.1, -0.05) is 15.9 Å². The molecule has 0 N–H and O–H groups in total. The number of esters is 1. The number of non-ortho nitro benzene ring substituents is 1. The van der Waals surface area contributed by atoms with Gasteiger partial charge in [-0.25, -0.2) is 0 Å². The van der Waals surface area contributed by atoms with E-state index in [-0.39, 0.29) is 18.1 Å². The normalized spacial score (nSPS) is 10.2. The Balaban J connectivity index is 3.11. The Labute approximate surface area is 113 Å². The van der Waals surface area contributed by atoms with E-state index < -0.39 is 4.92 Å². The minimum absolute atomic E-state index is 0.0366. The largest absolute Gasteiger partial charge is 0.466 e. The maximum atomic E-state index is 11.5. The van der Waals surface area contributed by atoms with Gasteiger partial charge in [0.25, 0.3) is 5.69 Å². The van der Waals surface area contributed by atoms with Gasteiger partial charge in [-0.3, -0.25) is 14.9 Å². The lowest BCUT2D eigenvalue weighted by Crippen LogP contribution is -2.10. The standard InChI is InChI=1S/C12H14BrNO4/c1-3-18-12(15)6-11-8(2)4-10(14(16)17)5-9(11)7-13/h4-5H,3,6-7H2,1-2H3. The Hall–Kier alpha value is -1.43. The van der Waals surface area contributed by atoms with Crippen LogP contribution in [0, 0.1) is 17.0 Å². The van der Waals surface area contributed by atoms with Crippen molar-refractivity contribution in [3.05, 3.63) is 38.9 Å². The quantitative estimate of drug-likeness (QED) is 0.362. The second-order valence-corrected chi connectivity index (χ2v) is 4.33. The number of halogens is 1. The average Bonchev–Trinajstić information content (AvgIpc) is 2.31. The third kappa shape index (κ3) is 3.53. The SMILES string of the molecule is CCOC(=O)Cc1c(C)cc([N+](=O)[O-])cc1CBr. The highest BCUT2D eigenvalue weighted by atomic mass is 79.9. The van der Waals surface area contributed by atoms with Gasteiger partial charge in [0.15, 0.2) is 0 Å². The van der Waals surface area contributed by atoms with Gasteiger partial charge >= 0.3 is 5.97 Å². The zero-order valence-corrected chi connectivity index (χ0v) is 11.8. The molecule has 0 amide bonds. The molecule has 0 radical (unpaired) electrons. The Morgan fingerprint density at radius 3 is 2.67 bits per heavy atom. The number of nitro benzene ring substituents is 1. The van der Waals surface area contributed by atoms with Crippen molar-refractivity contribution in [1.29, 1.82) is 0 Å². The molecular formula is C12H14BrNO4. The topological polar surface area (TPSA) is 69.4 Å². The molecule has 0 unspecified atom stereocenters.